The molecule has 2 bridgehead atoms. The predicted molar refractivity (Wildman–Crippen MR) is 75.1 cm³/mol. The van der Waals surface area contributed by atoms with Gasteiger partial charge in [-0.25, -0.2) is 0 Å². The van der Waals surface area contributed by atoms with Crippen LogP contribution in [0.25, 0.3) is 0 Å². The van der Waals surface area contributed by atoms with E-state index in [0.29, 0.717) is 5.78 Å². The van der Waals surface area contributed by atoms with Gasteiger partial charge in [0.05, 0.1) is 12.2 Å². The maximum Gasteiger partial charge on any atom is 0.163 e. The van der Waals surface area contributed by atoms with E-state index in [-0.39, 0.29) is 34.4 Å². The van der Waals surface area contributed by atoms with Crippen molar-refractivity contribution < 1.29 is 14.3 Å². The van der Waals surface area contributed by atoms with E-state index >= 15 is 0 Å². The Kier molecular flexibility index (Phi) is 2.21. The molecule has 3 nitrogen and oxygen atoms in total. The van der Waals surface area contributed by atoms with Crippen LogP contribution in [-0.4, -0.2) is 23.8 Å². The first-order valence-electron chi connectivity index (χ1n) is 8.02. The second kappa shape index (κ2) is 3.33. The molecule has 1 unspecified atom stereocenters. The molecule has 1 saturated heterocycles. The number of ether oxygens (including phenoxy) is 2. The molecule has 0 aromatic rings. The summed E-state index contributed by atoms with van der Waals surface area (Å²) in [5.74, 6) is 0.116. The lowest BCUT2D eigenvalue weighted by atomic mass is 9.38. The van der Waals surface area contributed by atoms with Crippen LogP contribution in [0.3, 0.4) is 0 Å². The van der Waals surface area contributed by atoms with Gasteiger partial charge in [0, 0.05) is 23.2 Å². The molecule has 3 heteroatoms. The Labute approximate surface area is 121 Å². The minimum atomic E-state index is -0.509. The molecule has 0 aromatic carbocycles. The normalized spacial score (nSPS) is 54.9. The second-order valence-corrected chi connectivity index (χ2v) is 8.75. The average Bonchev–Trinajstić information content (AvgIpc) is 2.83. The van der Waals surface area contributed by atoms with Crippen LogP contribution < -0.4 is 0 Å². The molecule has 20 heavy (non-hydrogen) atoms. The van der Waals surface area contributed by atoms with Crippen LogP contribution in [-0.2, 0) is 14.3 Å². The van der Waals surface area contributed by atoms with E-state index in [1.807, 2.05) is 13.8 Å². The molecule has 1 heterocycles. The highest BCUT2D eigenvalue weighted by atomic mass is 16.8. The van der Waals surface area contributed by atoms with Crippen molar-refractivity contribution in [2.45, 2.75) is 78.3 Å². The molecular formula is C17H26O3. The average molecular weight is 278 g/mol. The van der Waals surface area contributed by atoms with E-state index in [2.05, 4.69) is 20.8 Å². The van der Waals surface area contributed by atoms with Crippen LogP contribution in [0.1, 0.15) is 60.3 Å². The van der Waals surface area contributed by atoms with Crippen molar-refractivity contribution in [1.29, 1.82) is 0 Å². The number of rotatable bonds is 0. The molecule has 4 aliphatic carbocycles. The predicted octanol–water partition coefficient (Wildman–Crippen LogP) is 3.31. The maximum absolute atomic E-state index is 12.6. The van der Waals surface area contributed by atoms with Crippen LogP contribution in [0.2, 0.25) is 0 Å². The van der Waals surface area contributed by atoms with E-state index < -0.39 is 5.79 Å². The fourth-order valence-corrected chi connectivity index (χ4v) is 6.10. The van der Waals surface area contributed by atoms with Gasteiger partial charge in [-0.05, 0) is 38.5 Å². The summed E-state index contributed by atoms with van der Waals surface area (Å²) in [5.41, 5.74) is 0.0818. The van der Waals surface area contributed by atoms with E-state index in [9.17, 15) is 4.79 Å². The molecular weight excluding hydrogens is 252 g/mol. The first-order chi connectivity index (χ1) is 9.14. The fourth-order valence-electron chi connectivity index (χ4n) is 6.10. The standard InChI is InChI=1S/C17H26O3/c1-14(2)11-10(18)6-7-17(11)9-8-16(14,5)12-13(17)20-15(3,4)19-12/h11-13H,6-9H2,1-5H3/t11?,12-,13+,16-,17-/m1/s1. The monoisotopic (exact) mass is 278 g/mol. The van der Waals surface area contributed by atoms with Crippen molar-refractivity contribution in [2.75, 3.05) is 0 Å². The molecule has 0 aromatic heterocycles. The van der Waals surface area contributed by atoms with Crippen molar-refractivity contribution in [3.05, 3.63) is 0 Å². The molecule has 0 N–H and O–H groups in total. The number of Topliss-reactive ketones (excluding diaryl/α,β-unsaturated/α-hetero) is 1. The third-order valence-electron chi connectivity index (χ3n) is 7.33. The third kappa shape index (κ3) is 1.20. The van der Waals surface area contributed by atoms with Gasteiger partial charge in [-0.1, -0.05) is 20.8 Å². The highest BCUT2D eigenvalue weighted by Gasteiger charge is 2.77. The molecule has 0 radical (unpaired) electrons. The Hall–Kier alpha value is -0.410. The first-order valence-corrected chi connectivity index (χ1v) is 8.02. The zero-order chi connectivity index (χ0) is 14.6. The minimum Gasteiger partial charge on any atom is -0.344 e. The van der Waals surface area contributed by atoms with Gasteiger partial charge in [-0.15, -0.1) is 0 Å². The Morgan fingerprint density at radius 2 is 1.60 bits per heavy atom. The zero-order valence-electron chi connectivity index (χ0n) is 13.3. The Balaban J connectivity index is 1.91. The highest BCUT2D eigenvalue weighted by molar-refractivity contribution is 5.86. The molecule has 1 aliphatic heterocycles. The van der Waals surface area contributed by atoms with Crippen molar-refractivity contribution in [1.82, 2.24) is 0 Å². The Morgan fingerprint density at radius 3 is 2.30 bits per heavy atom. The lowest BCUT2D eigenvalue weighted by Gasteiger charge is -2.67. The molecule has 4 saturated carbocycles. The van der Waals surface area contributed by atoms with Crippen LogP contribution in [0, 0.1) is 22.2 Å². The van der Waals surface area contributed by atoms with Crippen molar-refractivity contribution in [2.24, 2.45) is 22.2 Å². The summed E-state index contributed by atoms with van der Waals surface area (Å²) in [6, 6.07) is 0. The number of hydrogen-bond acceptors (Lipinski definition) is 3. The van der Waals surface area contributed by atoms with Crippen molar-refractivity contribution in [3.63, 3.8) is 0 Å². The largest absolute Gasteiger partial charge is 0.344 e. The van der Waals surface area contributed by atoms with Crippen LogP contribution in [0.4, 0.5) is 0 Å². The summed E-state index contributed by atoms with van der Waals surface area (Å²) in [6.07, 6.45) is 4.27. The van der Waals surface area contributed by atoms with Crippen LogP contribution >= 0.6 is 0 Å². The molecule has 1 spiro atoms. The highest BCUT2D eigenvalue weighted by Crippen LogP contribution is 2.74. The molecule has 5 atom stereocenters. The Morgan fingerprint density at radius 1 is 0.950 bits per heavy atom. The van der Waals surface area contributed by atoms with Crippen molar-refractivity contribution >= 4 is 5.78 Å². The quantitative estimate of drug-likeness (QED) is 0.682. The second-order valence-electron chi connectivity index (χ2n) is 8.75. The lowest BCUT2D eigenvalue weighted by Crippen LogP contribution is -2.69. The zero-order valence-corrected chi connectivity index (χ0v) is 13.3. The van der Waals surface area contributed by atoms with Crippen LogP contribution in [0.5, 0.6) is 0 Å². The van der Waals surface area contributed by atoms with E-state index in [4.69, 9.17) is 9.47 Å². The topological polar surface area (TPSA) is 35.5 Å². The van der Waals surface area contributed by atoms with E-state index in [1.54, 1.807) is 0 Å². The number of carbonyl (C=O) groups is 1. The lowest BCUT2D eigenvalue weighted by molar-refractivity contribution is -0.231. The van der Waals surface area contributed by atoms with Gasteiger partial charge in [0.25, 0.3) is 0 Å². The Bertz CT molecular complexity index is 494. The molecule has 0 amide bonds. The number of hydrogen-bond donors (Lipinski definition) is 0. The first kappa shape index (κ1) is 13.3. The van der Waals surface area contributed by atoms with Gasteiger partial charge in [0.2, 0.25) is 0 Å². The molecule has 5 rings (SSSR count). The summed E-state index contributed by atoms with van der Waals surface area (Å²) < 4.78 is 12.7. The van der Waals surface area contributed by atoms with Gasteiger partial charge in [-0.3, -0.25) is 4.79 Å². The fraction of sp³-hybridized carbons (Fsp3) is 0.941. The van der Waals surface area contributed by atoms with Gasteiger partial charge in [0.15, 0.2) is 5.79 Å². The van der Waals surface area contributed by atoms with Gasteiger partial charge in [-0.2, -0.15) is 0 Å². The molecule has 5 aliphatic rings. The molecule has 112 valence electrons. The minimum absolute atomic E-state index is 0.00375. The number of carbonyl (C=O) groups excluding carboxylic acids is 1. The SMILES string of the molecule is CC1(C)O[C@@H]2[C@H](O1)[C@@]13CCC(=O)C1C(C)(C)[C@]2(C)CC3. The van der Waals surface area contributed by atoms with Gasteiger partial charge in [0.1, 0.15) is 5.78 Å². The van der Waals surface area contributed by atoms with Crippen molar-refractivity contribution in [3.8, 4) is 0 Å². The summed E-state index contributed by atoms with van der Waals surface area (Å²) >= 11 is 0. The summed E-state index contributed by atoms with van der Waals surface area (Å²) in [4.78, 5) is 12.6. The maximum atomic E-state index is 12.6. The number of ketones is 1. The number of fused-ring (bicyclic) bond motifs is 1. The van der Waals surface area contributed by atoms with Gasteiger partial charge < -0.3 is 9.47 Å². The summed E-state index contributed by atoms with van der Waals surface area (Å²) in [5, 5.41) is 0. The van der Waals surface area contributed by atoms with Gasteiger partial charge >= 0.3 is 0 Å². The summed E-state index contributed by atoms with van der Waals surface area (Å²) in [7, 11) is 0. The third-order valence-corrected chi connectivity index (χ3v) is 7.33. The van der Waals surface area contributed by atoms with Crippen LogP contribution in [0.15, 0.2) is 0 Å². The van der Waals surface area contributed by atoms with E-state index in [0.717, 1.165) is 25.7 Å². The molecule has 5 fully saturated rings. The smallest absolute Gasteiger partial charge is 0.163 e. The summed E-state index contributed by atoms with van der Waals surface area (Å²) in [6.45, 7) is 10.9. The van der Waals surface area contributed by atoms with E-state index in [1.165, 1.54) is 0 Å².